The van der Waals surface area contributed by atoms with E-state index in [1.54, 1.807) is 13.2 Å². The highest BCUT2D eigenvalue weighted by Gasteiger charge is 2.50. The minimum absolute atomic E-state index is 0.0311. The molecule has 0 aromatic heterocycles. The minimum atomic E-state index is -0.435. The fourth-order valence-corrected chi connectivity index (χ4v) is 4.68. The number of phenolic OH excluding ortho intramolecular Hbond substituents is 1. The van der Waals surface area contributed by atoms with E-state index in [4.69, 9.17) is 4.74 Å². The van der Waals surface area contributed by atoms with Crippen molar-refractivity contribution in [2.45, 2.75) is 40.0 Å². The van der Waals surface area contributed by atoms with Crippen LogP contribution in [0.25, 0.3) is 0 Å². The van der Waals surface area contributed by atoms with E-state index in [-0.39, 0.29) is 17.8 Å². The van der Waals surface area contributed by atoms with Crippen molar-refractivity contribution in [1.82, 2.24) is 0 Å². The number of aromatic hydroxyl groups is 1. The fourth-order valence-electron chi connectivity index (χ4n) is 4.19. The van der Waals surface area contributed by atoms with Crippen molar-refractivity contribution in [1.29, 1.82) is 0 Å². The molecule has 128 valence electrons. The Morgan fingerprint density at radius 1 is 1.39 bits per heavy atom. The van der Waals surface area contributed by atoms with E-state index >= 15 is 0 Å². The molecule has 0 unspecified atom stereocenters. The number of hydrogen-bond donors (Lipinski definition) is 2. The Kier molecular flexibility index (Phi) is 5.17. The van der Waals surface area contributed by atoms with Crippen LogP contribution in [0, 0.1) is 16.7 Å². The van der Waals surface area contributed by atoms with Gasteiger partial charge in [0.2, 0.25) is 0 Å². The summed E-state index contributed by atoms with van der Waals surface area (Å²) in [4.78, 5) is 0. The molecule has 2 rings (SSSR count). The smallest absolute Gasteiger partial charge is 0.133 e. The van der Waals surface area contributed by atoms with Crippen molar-refractivity contribution in [3.8, 4) is 11.5 Å². The van der Waals surface area contributed by atoms with Gasteiger partial charge in [-0.05, 0) is 64.2 Å². The summed E-state index contributed by atoms with van der Waals surface area (Å²) in [6.07, 6.45) is 2.50. The Bertz CT molecular complexity index is 609. The summed E-state index contributed by atoms with van der Waals surface area (Å²) in [6.45, 7) is 10.9. The van der Waals surface area contributed by atoms with Gasteiger partial charge < -0.3 is 14.9 Å². The van der Waals surface area contributed by atoms with E-state index in [0.29, 0.717) is 18.1 Å². The quantitative estimate of drug-likeness (QED) is 0.742. The second-order valence-corrected chi connectivity index (χ2v) is 8.39. The zero-order valence-electron chi connectivity index (χ0n) is 14.4. The van der Waals surface area contributed by atoms with Crippen molar-refractivity contribution >= 4 is 15.9 Å². The molecule has 1 aliphatic carbocycles. The first-order valence-electron chi connectivity index (χ1n) is 8.01. The van der Waals surface area contributed by atoms with E-state index in [1.165, 1.54) is 0 Å². The molecule has 0 saturated heterocycles. The number of hydrogen-bond acceptors (Lipinski definition) is 3. The topological polar surface area (TPSA) is 49.7 Å². The van der Waals surface area contributed by atoms with E-state index < -0.39 is 5.41 Å². The second kappa shape index (κ2) is 6.48. The van der Waals surface area contributed by atoms with Crippen LogP contribution in [0.1, 0.15) is 39.2 Å². The molecule has 0 amide bonds. The maximum absolute atomic E-state index is 10.4. The number of ether oxygens (including phenoxy) is 1. The molecule has 2 atom stereocenters. The van der Waals surface area contributed by atoms with Crippen LogP contribution in [0.2, 0.25) is 0 Å². The molecule has 0 spiro atoms. The lowest BCUT2D eigenvalue weighted by molar-refractivity contribution is -0.00480. The predicted molar refractivity (Wildman–Crippen MR) is 96.9 cm³/mol. The SMILES string of the molecule is C=C1C[C@H](C)CC(C)(C)[C@@]1(CO)Cc1cc(OC)c(Br)cc1O. The molecular formula is C19H27BrO3. The first-order chi connectivity index (χ1) is 10.7. The fraction of sp³-hybridized carbons (Fsp3) is 0.579. The first-order valence-corrected chi connectivity index (χ1v) is 8.80. The lowest BCUT2D eigenvalue weighted by atomic mass is 9.52. The molecule has 1 aliphatic rings. The Hall–Kier alpha value is -1.00. The number of halogens is 1. The Labute approximate surface area is 147 Å². The van der Waals surface area contributed by atoms with Crippen molar-refractivity contribution in [2.75, 3.05) is 13.7 Å². The monoisotopic (exact) mass is 382 g/mol. The minimum Gasteiger partial charge on any atom is -0.508 e. The van der Waals surface area contributed by atoms with Gasteiger partial charge in [0.25, 0.3) is 0 Å². The molecule has 1 aromatic rings. The van der Waals surface area contributed by atoms with Gasteiger partial charge in [0.05, 0.1) is 18.2 Å². The van der Waals surface area contributed by atoms with Crippen LogP contribution in [0.4, 0.5) is 0 Å². The molecular weight excluding hydrogens is 356 g/mol. The van der Waals surface area contributed by atoms with E-state index in [1.807, 2.05) is 6.07 Å². The zero-order valence-corrected chi connectivity index (χ0v) is 16.0. The van der Waals surface area contributed by atoms with E-state index in [0.717, 1.165) is 28.5 Å². The lowest BCUT2D eigenvalue weighted by Gasteiger charge is -2.53. The highest BCUT2D eigenvalue weighted by molar-refractivity contribution is 9.10. The number of aliphatic hydroxyl groups excluding tert-OH is 1. The van der Waals surface area contributed by atoms with Crippen molar-refractivity contribution in [3.63, 3.8) is 0 Å². The first kappa shape index (κ1) is 18.3. The van der Waals surface area contributed by atoms with E-state index in [2.05, 4.69) is 43.3 Å². The van der Waals surface area contributed by atoms with Gasteiger partial charge in [0.15, 0.2) is 0 Å². The summed E-state index contributed by atoms with van der Waals surface area (Å²) >= 11 is 3.39. The number of methoxy groups -OCH3 is 1. The molecule has 1 aromatic carbocycles. The Morgan fingerprint density at radius 3 is 2.57 bits per heavy atom. The van der Waals surface area contributed by atoms with Crippen molar-refractivity contribution < 1.29 is 14.9 Å². The van der Waals surface area contributed by atoms with Crippen molar-refractivity contribution in [2.24, 2.45) is 16.7 Å². The summed E-state index contributed by atoms with van der Waals surface area (Å²) < 4.78 is 6.07. The number of phenols is 1. The zero-order chi connectivity index (χ0) is 17.4. The molecule has 4 heteroatoms. The normalized spacial score (nSPS) is 27.0. The van der Waals surface area contributed by atoms with E-state index in [9.17, 15) is 10.2 Å². The molecule has 23 heavy (non-hydrogen) atoms. The molecule has 0 heterocycles. The molecule has 0 aliphatic heterocycles. The van der Waals surface area contributed by atoms with Crippen LogP contribution in [0.5, 0.6) is 11.5 Å². The third-order valence-electron chi connectivity index (χ3n) is 5.54. The van der Waals surface area contributed by atoms with Crippen LogP contribution in [0.3, 0.4) is 0 Å². The summed E-state index contributed by atoms with van der Waals surface area (Å²) in [5.74, 6) is 1.46. The summed E-state index contributed by atoms with van der Waals surface area (Å²) in [5.41, 5.74) is 1.33. The molecule has 0 bridgehead atoms. The van der Waals surface area contributed by atoms with Gasteiger partial charge in [-0.1, -0.05) is 32.9 Å². The standard InChI is InChI=1S/C19H27BrO3/c1-12-6-13(2)19(11-21,18(3,4)9-12)10-14-7-17(23-5)15(20)8-16(14)22/h7-8,12,21-22H,2,6,9-11H2,1,3-5H3/t12-,19+/m0/s1. The molecule has 1 fully saturated rings. The largest absolute Gasteiger partial charge is 0.508 e. The number of aliphatic hydroxyl groups is 1. The van der Waals surface area contributed by atoms with Gasteiger partial charge >= 0.3 is 0 Å². The molecule has 1 saturated carbocycles. The van der Waals surface area contributed by atoms with Crippen molar-refractivity contribution in [3.05, 3.63) is 34.3 Å². The number of benzene rings is 1. The Morgan fingerprint density at radius 2 is 2.04 bits per heavy atom. The maximum atomic E-state index is 10.4. The van der Waals surface area contributed by atoms with Gasteiger partial charge in [-0.2, -0.15) is 0 Å². The van der Waals surface area contributed by atoms with Crippen LogP contribution < -0.4 is 4.74 Å². The van der Waals surface area contributed by atoms with Crippen LogP contribution >= 0.6 is 15.9 Å². The summed E-state index contributed by atoms with van der Waals surface area (Å²) in [5, 5.41) is 20.6. The predicted octanol–water partition coefficient (Wildman–Crippen LogP) is 4.70. The van der Waals surface area contributed by atoms with Crippen LogP contribution in [0.15, 0.2) is 28.8 Å². The lowest BCUT2D eigenvalue weighted by Crippen LogP contribution is -2.48. The van der Waals surface area contributed by atoms with Gasteiger partial charge in [-0.15, -0.1) is 0 Å². The Balaban J connectivity index is 2.48. The van der Waals surface area contributed by atoms with Gasteiger partial charge in [-0.25, -0.2) is 0 Å². The average Bonchev–Trinajstić information content (AvgIpc) is 2.44. The van der Waals surface area contributed by atoms with Gasteiger partial charge in [-0.3, -0.25) is 0 Å². The molecule has 2 N–H and O–H groups in total. The highest BCUT2D eigenvalue weighted by atomic mass is 79.9. The summed E-state index contributed by atoms with van der Waals surface area (Å²) in [6, 6.07) is 3.50. The highest BCUT2D eigenvalue weighted by Crippen LogP contribution is 2.56. The summed E-state index contributed by atoms with van der Waals surface area (Å²) in [7, 11) is 1.61. The molecule has 0 radical (unpaired) electrons. The van der Waals surface area contributed by atoms with Gasteiger partial charge in [0, 0.05) is 5.41 Å². The van der Waals surface area contributed by atoms with Crippen LogP contribution in [-0.2, 0) is 6.42 Å². The third kappa shape index (κ3) is 3.16. The number of rotatable bonds is 4. The average molecular weight is 383 g/mol. The maximum Gasteiger partial charge on any atom is 0.133 e. The molecule has 3 nitrogen and oxygen atoms in total. The van der Waals surface area contributed by atoms with Gasteiger partial charge in [0.1, 0.15) is 11.5 Å². The van der Waals surface area contributed by atoms with Crippen LogP contribution in [-0.4, -0.2) is 23.9 Å². The second-order valence-electron chi connectivity index (χ2n) is 7.53. The third-order valence-corrected chi connectivity index (χ3v) is 6.16.